The summed E-state index contributed by atoms with van der Waals surface area (Å²) in [6.07, 6.45) is 3.70. The second-order valence-electron chi connectivity index (χ2n) is 5.46. The number of nitrogens with one attached hydrogen (secondary N) is 1. The van der Waals surface area contributed by atoms with Crippen LogP contribution < -0.4 is 11.1 Å². The number of hydrogen-bond donors (Lipinski definition) is 2. The van der Waals surface area contributed by atoms with Crippen molar-refractivity contribution >= 4 is 15.5 Å². The second kappa shape index (κ2) is 3.96. The number of hydrogen-bond acceptors (Lipinski definition) is 4. The molecule has 3 rings (SSSR count). The summed E-state index contributed by atoms with van der Waals surface area (Å²) in [5.41, 5.74) is 7.89. The van der Waals surface area contributed by atoms with Gasteiger partial charge in [0.2, 0.25) is 0 Å². The van der Waals surface area contributed by atoms with E-state index in [2.05, 4.69) is 5.32 Å². The van der Waals surface area contributed by atoms with E-state index in [4.69, 9.17) is 5.73 Å². The molecule has 1 aliphatic carbocycles. The topological polar surface area (TPSA) is 72.2 Å². The molecule has 18 heavy (non-hydrogen) atoms. The van der Waals surface area contributed by atoms with Crippen molar-refractivity contribution < 1.29 is 8.42 Å². The van der Waals surface area contributed by atoms with Gasteiger partial charge in [0.15, 0.2) is 9.84 Å². The smallest absolute Gasteiger partial charge is 0.178 e. The molecule has 0 unspecified atom stereocenters. The minimum Gasteiger partial charge on any atom is -0.383 e. The van der Waals surface area contributed by atoms with Crippen molar-refractivity contribution in [1.29, 1.82) is 0 Å². The molecule has 5 heteroatoms. The monoisotopic (exact) mass is 266 g/mol. The first-order chi connectivity index (χ1) is 8.49. The van der Waals surface area contributed by atoms with E-state index in [1.807, 2.05) is 12.1 Å². The highest BCUT2D eigenvalue weighted by molar-refractivity contribution is 7.91. The number of nitrogens with two attached hydrogens (primary N) is 1. The predicted octanol–water partition coefficient (Wildman–Crippen LogP) is 1.31. The SMILES string of the molecule is NC1(CNc2ccc3c(c2)CCCS3(=O)=O)CC1. The summed E-state index contributed by atoms with van der Waals surface area (Å²) in [5.74, 6) is 0.276. The van der Waals surface area contributed by atoms with Crippen molar-refractivity contribution in [2.24, 2.45) is 5.73 Å². The lowest BCUT2D eigenvalue weighted by molar-refractivity contribution is 0.586. The number of benzene rings is 1. The van der Waals surface area contributed by atoms with E-state index in [0.29, 0.717) is 4.90 Å². The minimum atomic E-state index is -3.04. The molecule has 0 spiro atoms. The van der Waals surface area contributed by atoms with Crippen LogP contribution in [0, 0.1) is 0 Å². The van der Waals surface area contributed by atoms with Crippen LogP contribution in [-0.4, -0.2) is 26.3 Å². The number of fused-ring (bicyclic) bond motifs is 1. The van der Waals surface area contributed by atoms with Gasteiger partial charge in [-0.1, -0.05) is 0 Å². The van der Waals surface area contributed by atoms with Gasteiger partial charge in [-0.25, -0.2) is 8.42 Å². The lowest BCUT2D eigenvalue weighted by atomic mass is 10.1. The van der Waals surface area contributed by atoms with Crippen LogP contribution in [0.5, 0.6) is 0 Å². The van der Waals surface area contributed by atoms with Gasteiger partial charge in [-0.15, -0.1) is 0 Å². The van der Waals surface area contributed by atoms with Crippen molar-refractivity contribution in [3.05, 3.63) is 23.8 Å². The summed E-state index contributed by atoms with van der Waals surface area (Å²) < 4.78 is 23.7. The largest absolute Gasteiger partial charge is 0.383 e. The van der Waals surface area contributed by atoms with Crippen LogP contribution in [0.1, 0.15) is 24.8 Å². The van der Waals surface area contributed by atoms with Gasteiger partial charge >= 0.3 is 0 Å². The summed E-state index contributed by atoms with van der Waals surface area (Å²) in [7, 11) is -3.04. The number of rotatable bonds is 3. The molecule has 1 heterocycles. The zero-order chi connectivity index (χ0) is 12.8. The molecule has 1 fully saturated rings. The maximum Gasteiger partial charge on any atom is 0.178 e. The van der Waals surface area contributed by atoms with E-state index in [0.717, 1.165) is 43.5 Å². The number of sulfone groups is 1. The van der Waals surface area contributed by atoms with Crippen LogP contribution in [0.25, 0.3) is 0 Å². The molecule has 2 aliphatic rings. The predicted molar refractivity (Wildman–Crippen MR) is 71.5 cm³/mol. The maximum atomic E-state index is 11.9. The Morgan fingerprint density at radius 2 is 2.11 bits per heavy atom. The summed E-state index contributed by atoms with van der Waals surface area (Å²) in [6.45, 7) is 0.762. The third-order valence-corrected chi connectivity index (χ3v) is 5.69. The Labute approximate surface area is 107 Å². The maximum absolute atomic E-state index is 11.9. The van der Waals surface area contributed by atoms with Crippen LogP contribution in [0.15, 0.2) is 23.1 Å². The fourth-order valence-electron chi connectivity index (χ4n) is 2.37. The first kappa shape index (κ1) is 12.0. The Bertz CT molecular complexity index is 577. The van der Waals surface area contributed by atoms with Gasteiger partial charge in [-0.2, -0.15) is 0 Å². The lowest BCUT2D eigenvalue weighted by Crippen LogP contribution is -2.31. The van der Waals surface area contributed by atoms with Crippen molar-refractivity contribution in [3.63, 3.8) is 0 Å². The first-order valence-corrected chi connectivity index (χ1v) is 8.02. The van der Waals surface area contributed by atoms with Gasteiger partial charge in [0.05, 0.1) is 10.6 Å². The zero-order valence-electron chi connectivity index (χ0n) is 10.3. The minimum absolute atomic E-state index is 0.0397. The summed E-state index contributed by atoms with van der Waals surface area (Å²) in [5, 5.41) is 3.30. The van der Waals surface area contributed by atoms with Crippen molar-refractivity contribution in [2.75, 3.05) is 17.6 Å². The molecule has 98 valence electrons. The van der Waals surface area contributed by atoms with Gasteiger partial charge in [-0.3, -0.25) is 0 Å². The van der Waals surface area contributed by atoms with Crippen molar-refractivity contribution in [3.8, 4) is 0 Å². The molecule has 0 atom stereocenters. The van der Waals surface area contributed by atoms with Gasteiger partial charge in [0.25, 0.3) is 0 Å². The molecular weight excluding hydrogens is 248 g/mol. The third kappa shape index (κ3) is 2.24. The molecule has 1 aromatic carbocycles. The van der Waals surface area contributed by atoms with Gasteiger partial charge in [0, 0.05) is 17.8 Å². The second-order valence-corrected chi connectivity index (χ2v) is 7.54. The standard InChI is InChI=1S/C13H18N2O2S/c14-13(5-6-13)9-15-11-3-4-12-10(8-11)2-1-7-18(12,16)17/h3-4,8,15H,1-2,5-7,9,14H2. The zero-order valence-corrected chi connectivity index (χ0v) is 11.1. The Morgan fingerprint density at radius 1 is 1.33 bits per heavy atom. The summed E-state index contributed by atoms with van der Waals surface area (Å²) in [6, 6.07) is 5.52. The van der Waals surface area contributed by atoms with E-state index < -0.39 is 9.84 Å². The normalized spacial score (nSPS) is 23.2. The fraction of sp³-hybridized carbons (Fsp3) is 0.538. The lowest BCUT2D eigenvalue weighted by Gasteiger charge is -2.18. The van der Waals surface area contributed by atoms with Gasteiger partial charge in [0.1, 0.15) is 0 Å². The molecule has 0 saturated heterocycles. The molecule has 0 radical (unpaired) electrons. The molecule has 0 aromatic heterocycles. The summed E-state index contributed by atoms with van der Waals surface area (Å²) >= 11 is 0. The van der Waals surface area contributed by atoms with E-state index in [1.165, 1.54) is 0 Å². The average Bonchev–Trinajstić information content (AvgIpc) is 3.05. The van der Waals surface area contributed by atoms with Gasteiger partial charge in [-0.05, 0) is 49.4 Å². The number of anilines is 1. The fourth-order valence-corrected chi connectivity index (χ4v) is 3.95. The van der Waals surface area contributed by atoms with Crippen molar-refractivity contribution in [2.45, 2.75) is 36.1 Å². The highest BCUT2D eigenvalue weighted by Gasteiger charge is 2.37. The van der Waals surface area contributed by atoms with Crippen molar-refractivity contribution in [1.82, 2.24) is 0 Å². The summed E-state index contributed by atoms with van der Waals surface area (Å²) in [4.78, 5) is 0.508. The molecule has 0 amide bonds. The Balaban J connectivity index is 1.82. The molecule has 3 N–H and O–H groups in total. The van der Waals surface area contributed by atoms with E-state index in [-0.39, 0.29) is 11.3 Å². The van der Waals surface area contributed by atoms with E-state index in [9.17, 15) is 8.42 Å². The van der Waals surface area contributed by atoms with Crippen LogP contribution in [0.2, 0.25) is 0 Å². The van der Waals surface area contributed by atoms with E-state index in [1.54, 1.807) is 6.07 Å². The van der Waals surface area contributed by atoms with Crippen LogP contribution in [-0.2, 0) is 16.3 Å². The highest BCUT2D eigenvalue weighted by Crippen LogP contribution is 2.33. The highest BCUT2D eigenvalue weighted by atomic mass is 32.2. The van der Waals surface area contributed by atoms with Crippen LogP contribution in [0.4, 0.5) is 5.69 Å². The molecule has 1 aromatic rings. The molecular formula is C13H18N2O2S. The quantitative estimate of drug-likeness (QED) is 0.865. The Hall–Kier alpha value is -1.07. The Morgan fingerprint density at radius 3 is 2.83 bits per heavy atom. The van der Waals surface area contributed by atoms with Gasteiger partial charge < -0.3 is 11.1 Å². The Kier molecular flexibility index (Phi) is 2.64. The molecule has 1 aliphatic heterocycles. The van der Waals surface area contributed by atoms with E-state index >= 15 is 0 Å². The average molecular weight is 266 g/mol. The van der Waals surface area contributed by atoms with Crippen LogP contribution >= 0.6 is 0 Å². The molecule has 4 nitrogen and oxygen atoms in total. The number of aryl methyl sites for hydroxylation is 1. The first-order valence-electron chi connectivity index (χ1n) is 6.37. The third-order valence-electron chi connectivity index (χ3n) is 3.79. The molecule has 0 bridgehead atoms. The molecule has 1 saturated carbocycles. The van der Waals surface area contributed by atoms with Crippen LogP contribution in [0.3, 0.4) is 0 Å².